The Hall–Kier alpha value is -2.43. The zero-order chi connectivity index (χ0) is 16.1. The third kappa shape index (κ3) is 4.77. The molecule has 1 saturated carbocycles. The fourth-order valence-corrected chi connectivity index (χ4v) is 2.42. The van der Waals surface area contributed by atoms with Crippen molar-refractivity contribution in [2.45, 2.75) is 38.6 Å². The van der Waals surface area contributed by atoms with E-state index in [2.05, 4.69) is 44.9 Å². The highest BCUT2D eigenvalue weighted by Gasteiger charge is 2.24. The molecule has 1 aromatic heterocycles. The predicted octanol–water partition coefficient (Wildman–Crippen LogP) is 2.72. The standard InChI is InChI=1S/C18H22N4O/c1-13-20-16(18(23)22-15-9-10-15)12-17(21-13)19-11-5-8-14-6-3-2-4-7-14/h2-4,6-7,12,15H,5,8-11H2,1H3,(H,22,23)(H,19,20,21). The van der Waals surface area contributed by atoms with E-state index in [1.807, 2.05) is 13.0 Å². The molecule has 5 nitrogen and oxygen atoms in total. The summed E-state index contributed by atoms with van der Waals surface area (Å²) in [7, 11) is 0. The average molecular weight is 310 g/mol. The lowest BCUT2D eigenvalue weighted by Crippen LogP contribution is -2.26. The molecule has 0 saturated heterocycles. The van der Waals surface area contributed by atoms with Crippen LogP contribution in [0.3, 0.4) is 0 Å². The van der Waals surface area contributed by atoms with Gasteiger partial charge in [0, 0.05) is 18.7 Å². The number of anilines is 1. The Bertz CT molecular complexity index is 668. The van der Waals surface area contributed by atoms with Crippen molar-refractivity contribution in [2.75, 3.05) is 11.9 Å². The smallest absolute Gasteiger partial charge is 0.270 e. The van der Waals surface area contributed by atoms with Gasteiger partial charge in [0.2, 0.25) is 0 Å². The molecule has 1 fully saturated rings. The molecule has 0 radical (unpaired) electrons. The first kappa shape index (κ1) is 15.5. The molecule has 1 aliphatic rings. The zero-order valence-corrected chi connectivity index (χ0v) is 13.4. The molecular formula is C18H22N4O. The van der Waals surface area contributed by atoms with E-state index in [1.165, 1.54) is 5.56 Å². The Labute approximate surface area is 136 Å². The Kier molecular flexibility index (Phi) is 4.86. The van der Waals surface area contributed by atoms with Crippen LogP contribution in [0.2, 0.25) is 0 Å². The van der Waals surface area contributed by atoms with Gasteiger partial charge in [-0.15, -0.1) is 0 Å². The Morgan fingerprint density at radius 3 is 2.74 bits per heavy atom. The number of hydrogen-bond donors (Lipinski definition) is 2. The van der Waals surface area contributed by atoms with Crippen molar-refractivity contribution in [1.29, 1.82) is 0 Å². The molecule has 2 aromatic rings. The lowest BCUT2D eigenvalue weighted by atomic mass is 10.1. The summed E-state index contributed by atoms with van der Waals surface area (Å²) < 4.78 is 0. The predicted molar refractivity (Wildman–Crippen MR) is 90.5 cm³/mol. The molecule has 1 aromatic carbocycles. The van der Waals surface area contributed by atoms with Gasteiger partial charge in [0.1, 0.15) is 17.3 Å². The number of amides is 1. The van der Waals surface area contributed by atoms with E-state index in [4.69, 9.17) is 0 Å². The van der Waals surface area contributed by atoms with E-state index < -0.39 is 0 Å². The van der Waals surface area contributed by atoms with Crippen molar-refractivity contribution in [3.05, 3.63) is 53.5 Å². The zero-order valence-electron chi connectivity index (χ0n) is 13.4. The van der Waals surface area contributed by atoms with E-state index in [9.17, 15) is 4.79 Å². The monoisotopic (exact) mass is 310 g/mol. The fourth-order valence-electron chi connectivity index (χ4n) is 2.42. The minimum atomic E-state index is -0.106. The summed E-state index contributed by atoms with van der Waals surface area (Å²) in [5.41, 5.74) is 1.77. The molecule has 5 heteroatoms. The van der Waals surface area contributed by atoms with Crippen LogP contribution in [0.4, 0.5) is 5.82 Å². The number of nitrogens with one attached hydrogen (secondary N) is 2. The number of rotatable bonds is 7. The van der Waals surface area contributed by atoms with Crippen LogP contribution in [0.15, 0.2) is 36.4 Å². The van der Waals surface area contributed by atoms with E-state index in [0.29, 0.717) is 23.4 Å². The van der Waals surface area contributed by atoms with Crippen LogP contribution in [0, 0.1) is 6.92 Å². The van der Waals surface area contributed by atoms with E-state index >= 15 is 0 Å². The maximum Gasteiger partial charge on any atom is 0.270 e. The topological polar surface area (TPSA) is 66.9 Å². The van der Waals surface area contributed by atoms with Crippen LogP contribution in [-0.2, 0) is 6.42 Å². The summed E-state index contributed by atoms with van der Waals surface area (Å²) in [4.78, 5) is 20.7. The third-order valence-corrected chi connectivity index (χ3v) is 3.77. The van der Waals surface area contributed by atoms with Crippen LogP contribution in [0.25, 0.3) is 0 Å². The van der Waals surface area contributed by atoms with Gasteiger partial charge in [-0.25, -0.2) is 9.97 Å². The highest BCUT2D eigenvalue weighted by Crippen LogP contribution is 2.19. The number of aryl methyl sites for hydroxylation is 2. The van der Waals surface area contributed by atoms with Crippen molar-refractivity contribution in [2.24, 2.45) is 0 Å². The summed E-state index contributed by atoms with van der Waals surface area (Å²) in [6, 6.07) is 12.5. The molecule has 3 rings (SSSR count). The summed E-state index contributed by atoms with van der Waals surface area (Å²) in [5, 5.41) is 6.25. The SMILES string of the molecule is Cc1nc(NCCCc2ccccc2)cc(C(=O)NC2CC2)n1. The van der Waals surface area contributed by atoms with Gasteiger partial charge in [-0.1, -0.05) is 30.3 Å². The number of nitrogens with zero attached hydrogens (tertiary/aromatic N) is 2. The largest absolute Gasteiger partial charge is 0.370 e. The molecule has 0 aliphatic heterocycles. The molecule has 1 aliphatic carbocycles. The first-order chi connectivity index (χ1) is 11.2. The molecule has 23 heavy (non-hydrogen) atoms. The Morgan fingerprint density at radius 2 is 2.00 bits per heavy atom. The van der Waals surface area contributed by atoms with Crippen LogP contribution in [0.1, 0.15) is 41.1 Å². The van der Waals surface area contributed by atoms with Gasteiger partial charge in [0.05, 0.1) is 0 Å². The van der Waals surface area contributed by atoms with Crippen molar-refractivity contribution in [3.8, 4) is 0 Å². The van der Waals surface area contributed by atoms with Gasteiger partial charge in [0.15, 0.2) is 0 Å². The van der Waals surface area contributed by atoms with Crippen LogP contribution in [-0.4, -0.2) is 28.5 Å². The highest BCUT2D eigenvalue weighted by atomic mass is 16.2. The van der Waals surface area contributed by atoms with Gasteiger partial charge in [-0.3, -0.25) is 4.79 Å². The van der Waals surface area contributed by atoms with Gasteiger partial charge < -0.3 is 10.6 Å². The summed E-state index contributed by atoms with van der Waals surface area (Å²) in [6.45, 7) is 2.62. The fraction of sp³-hybridized carbons (Fsp3) is 0.389. The quantitative estimate of drug-likeness (QED) is 0.772. The lowest BCUT2D eigenvalue weighted by molar-refractivity contribution is 0.0945. The Balaban J connectivity index is 1.52. The van der Waals surface area contributed by atoms with Crippen molar-refractivity contribution in [1.82, 2.24) is 15.3 Å². The average Bonchev–Trinajstić information content (AvgIpc) is 3.36. The van der Waals surface area contributed by atoms with Crippen LogP contribution in [0.5, 0.6) is 0 Å². The van der Waals surface area contributed by atoms with E-state index in [-0.39, 0.29) is 5.91 Å². The number of hydrogen-bond acceptors (Lipinski definition) is 4. The van der Waals surface area contributed by atoms with Crippen molar-refractivity contribution >= 4 is 11.7 Å². The van der Waals surface area contributed by atoms with Gasteiger partial charge in [-0.05, 0) is 38.2 Å². The van der Waals surface area contributed by atoms with Gasteiger partial charge in [0.25, 0.3) is 5.91 Å². The third-order valence-electron chi connectivity index (χ3n) is 3.77. The second kappa shape index (κ2) is 7.22. The van der Waals surface area contributed by atoms with Crippen molar-refractivity contribution in [3.63, 3.8) is 0 Å². The van der Waals surface area contributed by atoms with E-state index in [1.54, 1.807) is 6.07 Å². The first-order valence-corrected chi connectivity index (χ1v) is 8.15. The molecule has 0 spiro atoms. The molecule has 0 bridgehead atoms. The lowest BCUT2D eigenvalue weighted by Gasteiger charge is -2.09. The van der Waals surface area contributed by atoms with Gasteiger partial charge in [-0.2, -0.15) is 0 Å². The summed E-state index contributed by atoms with van der Waals surface area (Å²) in [5.74, 6) is 1.22. The first-order valence-electron chi connectivity index (χ1n) is 8.15. The molecule has 2 N–H and O–H groups in total. The molecular weight excluding hydrogens is 288 g/mol. The molecule has 120 valence electrons. The number of carbonyl (C=O) groups excluding carboxylic acids is 1. The Morgan fingerprint density at radius 1 is 1.22 bits per heavy atom. The maximum absolute atomic E-state index is 12.1. The number of carbonyl (C=O) groups is 1. The second-order valence-electron chi connectivity index (χ2n) is 5.95. The van der Waals surface area contributed by atoms with Gasteiger partial charge >= 0.3 is 0 Å². The molecule has 0 unspecified atom stereocenters. The summed E-state index contributed by atoms with van der Waals surface area (Å²) >= 11 is 0. The summed E-state index contributed by atoms with van der Waals surface area (Å²) in [6.07, 6.45) is 4.17. The molecule has 1 amide bonds. The van der Waals surface area contributed by atoms with Crippen molar-refractivity contribution < 1.29 is 4.79 Å². The highest BCUT2D eigenvalue weighted by molar-refractivity contribution is 5.93. The minimum absolute atomic E-state index is 0.106. The second-order valence-corrected chi connectivity index (χ2v) is 5.95. The van der Waals surface area contributed by atoms with Crippen LogP contribution >= 0.6 is 0 Å². The normalized spacial score (nSPS) is 13.6. The molecule has 1 heterocycles. The number of benzene rings is 1. The minimum Gasteiger partial charge on any atom is -0.370 e. The van der Waals surface area contributed by atoms with Crippen LogP contribution < -0.4 is 10.6 Å². The van der Waals surface area contributed by atoms with E-state index in [0.717, 1.165) is 32.2 Å². The molecule has 0 atom stereocenters. The number of aromatic nitrogens is 2. The maximum atomic E-state index is 12.1.